The molecule has 174 valence electrons. The number of amides is 3. The maximum atomic E-state index is 12.3. The summed E-state index contributed by atoms with van der Waals surface area (Å²) in [5, 5.41) is 34.7. The first-order chi connectivity index (χ1) is 14.2. The van der Waals surface area contributed by atoms with Gasteiger partial charge in [0.1, 0.15) is 18.1 Å². The Hall–Kier alpha value is -1.93. The molecule has 0 rings (SSSR count). The van der Waals surface area contributed by atoms with Crippen LogP contribution in [-0.2, 0) is 19.2 Å². The Balaban J connectivity index is 4.86. The standard InChI is InChI=1S/C17H33N5O7S/c1-30-7-5-11(17(28)29)20-15(26)13(9-24)22-16(27)12(8-23)21-14(25)10(19)4-2-3-6-18/h10-13,23-24H,2-9,18-19H2,1H3,(H,20,26)(H,21,25)(H,22,27)(H,28,29). The van der Waals surface area contributed by atoms with E-state index in [0.29, 0.717) is 31.6 Å². The van der Waals surface area contributed by atoms with E-state index in [2.05, 4.69) is 16.0 Å². The van der Waals surface area contributed by atoms with Crippen LogP contribution in [0.15, 0.2) is 0 Å². The van der Waals surface area contributed by atoms with Crippen LogP contribution in [0.5, 0.6) is 0 Å². The first kappa shape index (κ1) is 28.1. The minimum absolute atomic E-state index is 0.158. The smallest absolute Gasteiger partial charge is 0.326 e. The molecule has 0 aliphatic heterocycles. The molecule has 0 radical (unpaired) electrons. The number of aliphatic carboxylic acids is 1. The lowest BCUT2D eigenvalue weighted by Gasteiger charge is -2.23. The summed E-state index contributed by atoms with van der Waals surface area (Å²) < 4.78 is 0. The maximum absolute atomic E-state index is 12.3. The molecule has 4 unspecified atom stereocenters. The van der Waals surface area contributed by atoms with Crippen molar-refractivity contribution in [3.63, 3.8) is 0 Å². The number of nitrogens with one attached hydrogen (secondary N) is 3. The fourth-order valence-electron chi connectivity index (χ4n) is 2.34. The molecular weight excluding hydrogens is 418 g/mol. The van der Waals surface area contributed by atoms with Crippen LogP contribution in [0.3, 0.4) is 0 Å². The number of carboxylic acids is 1. The Bertz CT molecular complexity index is 567. The fourth-order valence-corrected chi connectivity index (χ4v) is 2.82. The number of hydrogen-bond acceptors (Lipinski definition) is 9. The average Bonchev–Trinajstić information content (AvgIpc) is 2.72. The third kappa shape index (κ3) is 10.7. The van der Waals surface area contributed by atoms with Gasteiger partial charge in [-0.25, -0.2) is 4.79 Å². The summed E-state index contributed by atoms with van der Waals surface area (Å²) in [5.41, 5.74) is 11.1. The largest absolute Gasteiger partial charge is 0.480 e. The van der Waals surface area contributed by atoms with Gasteiger partial charge in [-0.05, 0) is 37.8 Å². The van der Waals surface area contributed by atoms with Crippen LogP contribution in [0.4, 0.5) is 0 Å². The van der Waals surface area contributed by atoms with Gasteiger partial charge in [-0.1, -0.05) is 6.42 Å². The molecule has 0 heterocycles. The van der Waals surface area contributed by atoms with Crippen molar-refractivity contribution in [2.45, 2.75) is 49.9 Å². The van der Waals surface area contributed by atoms with Crippen LogP contribution in [0.25, 0.3) is 0 Å². The molecule has 0 aromatic carbocycles. The van der Waals surface area contributed by atoms with Gasteiger partial charge >= 0.3 is 5.97 Å². The molecule has 30 heavy (non-hydrogen) atoms. The molecule has 0 aliphatic rings. The van der Waals surface area contributed by atoms with E-state index >= 15 is 0 Å². The minimum Gasteiger partial charge on any atom is -0.480 e. The van der Waals surface area contributed by atoms with Gasteiger partial charge in [0.05, 0.1) is 19.3 Å². The van der Waals surface area contributed by atoms with Crippen molar-refractivity contribution < 1.29 is 34.5 Å². The van der Waals surface area contributed by atoms with Gasteiger partial charge in [-0.15, -0.1) is 0 Å². The van der Waals surface area contributed by atoms with Crippen molar-refractivity contribution in [3.8, 4) is 0 Å². The summed E-state index contributed by atoms with van der Waals surface area (Å²) in [6.07, 6.45) is 3.59. The third-order valence-corrected chi connectivity index (χ3v) is 4.81. The Labute approximate surface area is 179 Å². The van der Waals surface area contributed by atoms with E-state index in [9.17, 15) is 29.4 Å². The number of hydrogen-bond donors (Lipinski definition) is 8. The highest BCUT2D eigenvalue weighted by Crippen LogP contribution is 2.02. The van der Waals surface area contributed by atoms with Crippen molar-refractivity contribution >= 4 is 35.5 Å². The zero-order valence-corrected chi connectivity index (χ0v) is 17.8. The van der Waals surface area contributed by atoms with Gasteiger partial charge in [-0.2, -0.15) is 11.8 Å². The molecule has 12 nitrogen and oxygen atoms in total. The van der Waals surface area contributed by atoms with Crippen LogP contribution in [0.1, 0.15) is 25.7 Å². The van der Waals surface area contributed by atoms with Crippen molar-refractivity contribution in [2.75, 3.05) is 31.8 Å². The van der Waals surface area contributed by atoms with Crippen LogP contribution in [-0.4, -0.2) is 94.9 Å². The topological polar surface area (TPSA) is 217 Å². The first-order valence-electron chi connectivity index (χ1n) is 9.51. The molecule has 4 atom stereocenters. The Morgan fingerprint density at radius 2 is 1.37 bits per heavy atom. The van der Waals surface area contributed by atoms with Gasteiger partial charge in [0.25, 0.3) is 0 Å². The second-order valence-electron chi connectivity index (χ2n) is 6.56. The van der Waals surface area contributed by atoms with Gasteiger partial charge < -0.3 is 42.7 Å². The zero-order valence-electron chi connectivity index (χ0n) is 17.0. The Morgan fingerprint density at radius 1 is 0.867 bits per heavy atom. The van der Waals surface area contributed by atoms with E-state index in [1.54, 1.807) is 6.26 Å². The van der Waals surface area contributed by atoms with Crippen molar-refractivity contribution in [2.24, 2.45) is 11.5 Å². The summed E-state index contributed by atoms with van der Waals surface area (Å²) in [4.78, 5) is 47.8. The van der Waals surface area contributed by atoms with Crippen molar-refractivity contribution in [1.29, 1.82) is 0 Å². The van der Waals surface area contributed by atoms with Crippen molar-refractivity contribution in [3.05, 3.63) is 0 Å². The quantitative estimate of drug-likeness (QED) is 0.109. The number of aliphatic hydroxyl groups excluding tert-OH is 2. The van der Waals surface area contributed by atoms with Crippen LogP contribution >= 0.6 is 11.8 Å². The van der Waals surface area contributed by atoms with Gasteiger partial charge in [0, 0.05) is 0 Å². The number of unbranched alkanes of at least 4 members (excludes halogenated alkanes) is 1. The lowest BCUT2D eigenvalue weighted by molar-refractivity contribution is -0.142. The average molecular weight is 452 g/mol. The molecule has 10 N–H and O–H groups in total. The fraction of sp³-hybridized carbons (Fsp3) is 0.765. The number of carbonyl (C=O) groups excluding carboxylic acids is 3. The number of carbonyl (C=O) groups is 4. The van der Waals surface area contributed by atoms with Crippen molar-refractivity contribution in [1.82, 2.24) is 16.0 Å². The second-order valence-corrected chi connectivity index (χ2v) is 7.54. The maximum Gasteiger partial charge on any atom is 0.326 e. The molecule has 0 bridgehead atoms. The number of nitrogens with two attached hydrogens (primary N) is 2. The van der Waals surface area contributed by atoms with E-state index in [-0.39, 0.29) is 6.42 Å². The predicted molar refractivity (Wildman–Crippen MR) is 111 cm³/mol. The third-order valence-electron chi connectivity index (χ3n) is 4.16. The monoisotopic (exact) mass is 451 g/mol. The molecule has 0 spiro atoms. The number of thioether (sulfide) groups is 1. The normalized spacial score (nSPS) is 14.8. The Morgan fingerprint density at radius 3 is 1.80 bits per heavy atom. The van der Waals surface area contributed by atoms with E-state index < -0.39 is 61.1 Å². The minimum atomic E-state index is -1.46. The number of rotatable bonds is 16. The second kappa shape index (κ2) is 15.8. The molecular formula is C17H33N5O7S. The van der Waals surface area contributed by atoms with E-state index in [1.165, 1.54) is 11.8 Å². The highest BCUT2D eigenvalue weighted by molar-refractivity contribution is 7.98. The van der Waals surface area contributed by atoms with E-state index in [0.717, 1.165) is 0 Å². The van der Waals surface area contributed by atoms with Gasteiger partial charge in [0.2, 0.25) is 17.7 Å². The molecule has 0 aromatic rings. The summed E-state index contributed by atoms with van der Waals surface area (Å²) in [7, 11) is 0. The molecule has 0 fully saturated rings. The highest BCUT2D eigenvalue weighted by Gasteiger charge is 2.29. The van der Waals surface area contributed by atoms with Gasteiger partial charge in [0.15, 0.2) is 0 Å². The van der Waals surface area contributed by atoms with E-state index in [4.69, 9.17) is 16.6 Å². The number of carboxylic acid groups (broad SMARTS) is 1. The summed E-state index contributed by atoms with van der Waals surface area (Å²) in [6, 6.07) is -4.94. The molecule has 0 saturated heterocycles. The molecule has 13 heteroatoms. The zero-order chi connectivity index (χ0) is 23.1. The molecule has 0 aliphatic carbocycles. The van der Waals surface area contributed by atoms with E-state index in [1.807, 2.05) is 0 Å². The SMILES string of the molecule is CSCCC(NC(=O)C(CO)NC(=O)C(CO)NC(=O)C(N)CCCCN)C(=O)O. The lowest BCUT2D eigenvalue weighted by Crippen LogP contribution is -2.59. The van der Waals surface area contributed by atoms with Gasteiger partial charge in [-0.3, -0.25) is 14.4 Å². The Kier molecular flexibility index (Phi) is 14.8. The lowest BCUT2D eigenvalue weighted by atomic mass is 10.1. The summed E-state index contributed by atoms with van der Waals surface area (Å²) >= 11 is 1.40. The highest BCUT2D eigenvalue weighted by atomic mass is 32.2. The molecule has 0 aromatic heterocycles. The van der Waals surface area contributed by atoms with Crippen LogP contribution < -0.4 is 27.4 Å². The molecule has 0 saturated carbocycles. The van der Waals surface area contributed by atoms with Crippen LogP contribution in [0.2, 0.25) is 0 Å². The number of aliphatic hydroxyl groups is 2. The summed E-state index contributed by atoms with van der Waals surface area (Å²) in [6.45, 7) is -1.11. The summed E-state index contributed by atoms with van der Waals surface area (Å²) in [5.74, 6) is -3.25. The first-order valence-corrected chi connectivity index (χ1v) is 10.9. The predicted octanol–water partition coefficient (Wildman–Crippen LogP) is -3.28. The van der Waals surface area contributed by atoms with Crippen LogP contribution in [0, 0.1) is 0 Å². The molecule has 3 amide bonds.